The van der Waals surface area contributed by atoms with Crippen molar-refractivity contribution in [1.82, 2.24) is 0 Å². The van der Waals surface area contributed by atoms with Crippen LogP contribution in [0.1, 0.15) is 18.1 Å². The lowest BCUT2D eigenvalue weighted by molar-refractivity contribution is -0.385. The molecule has 9 heteroatoms. The third kappa shape index (κ3) is 4.10. The first-order valence-electron chi connectivity index (χ1n) is 5.71. The monoisotopic (exact) mass is 300 g/mol. The summed E-state index contributed by atoms with van der Waals surface area (Å²) in [4.78, 5) is 21.3. The summed E-state index contributed by atoms with van der Waals surface area (Å²) in [5, 5.41) is 19.7. The van der Waals surface area contributed by atoms with Gasteiger partial charge in [-0.05, 0) is 13.0 Å². The molecule has 0 aliphatic carbocycles. The van der Waals surface area contributed by atoms with Crippen molar-refractivity contribution in [1.29, 1.82) is 5.26 Å². The second-order valence-electron chi connectivity index (χ2n) is 3.68. The Balaban J connectivity index is 3.33. The molecule has 0 heterocycles. The molecule has 0 radical (unpaired) electrons. The zero-order chi connectivity index (χ0) is 16.0. The molecule has 21 heavy (non-hydrogen) atoms. The fourth-order valence-electron chi connectivity index (χ4n) is 1.61. The number of carbonyl (C=O) groups is 1. The van der Waals surface area contributed by atoms with Crippen LogP contribution in [-0.2, 0) is 16.0 Å². The molecule has 0 saturated carbocycles. The lowest BCUT2D eigenvalue weighted by Gasteiger charge is -2.12. The number of benzene rings is 1. The number of hydrogen-bond acceptors (Lipinski definition) is 6. The van der Waals surface area contributed by atoms with Crippen LogP contribution in [0.4, 0.5) is 14.5 Å². The van der Waals surface area contributed by atoms with E-state index in [0.29, 0.717) is 0 Å². The molecule has 0 fully saturated rings. The van der Waals surface area contributed by atoms with Crippen molar-refractivity contribution in [2.45, 2.75) is 20.0 Å². The molecule has 0 aromatic heterocycles. The fraction of sp³-hybridized carbons (Fsp3) is 0.333. The highest BCUT2D eigenvalue weighted by Crippen LogP contribution is 2.33. The van der Waals surface area contributed by atoms with Crippen LogP contribution in [0, 0.1) is 21.4 Å². The van der Waals surface area contributed by atoms with E-state index in [9.17, 15) is 23.7 Å². The van der Waals surface area contributed by atoms with Crippen molar-refractivity contribution >= 4 is 11.7 Å². The first-order chi connectivity index (χ1) is 9.90. The number of nitro benzene ring substituents is 1. The molecule has 7 nitrogen and oxygen atoms in total. The van der Waals surface area contributed by atoms with Gasteiger partial charge in [0, 0.05) is 11.6 Å². The quantitative estimate of drug-likeness (QED) is 0.453. The van der Waals surface area contributed by atoms with E-state index in [2.05, 4.69) is 9.47 Å². The van der Waals surface area contributed by atoms with Gasteiger partial charge in [0.1, 0.15) is 6.07 Å². The van der Waals surface area contributed by atoms with E-state index in [1.807, 2.05) is 0 Å². The highest BCUT2D eigenvalue weighted by Gasteiger charge is 2.25. The lowest BCUT2D eigenvalue weighted by atomic mass is 10.0. The molecule has 0 bridgehead atoms. The van der Waals surface area contributed by atoms with Gasteiger partial charge in [-0.15, -0.1) is 0 Å². The van der Waals surface area contributed by atoms with Crippen molar-refractivity contribution in [2.24, 2.45) is 0 Å². The van der Waals surface area contributed by atoms with E-state index in [-0.39, 0.29) is 12.2 Å². The van der Waals surface area contributed by atoms with Crippen LogP contribution in [0.5, 0.6) is 5.75 Å². The Kier molecular flexibility index (Phi) is 5.54. The minimum atomic E-state index is -3.29. The Morgan fingerprint density at radius 3 is 2.67 bits per heavy atom. The summed E-state index contributed by atoms with van der Waals surface area (Å²) in [6.07, 6.45) is -0.442. The first-order valence-corrected chi connectivity index (χ1v) is 5.71. The number of nitrogens with zero attached hydrogens (tertiary/aromatic N) is 2. The van der Waals surface area contributed by atoms with Crippen LogP contribution in [-0.4, -0.2) is 24.1 Å². The molecule has 0 N–H and O–H groups in total. The van der Waals surface area contributed by atoms with Crippen LogP contribution in [0.2, 0.25) is 0 Å². The normalized spacial score (nSPS) is 10.0. The topological polar surface area (TPSA) is 102 Å². The van der Waals surface area contributed by atoms with Crippen molar-refractivity contribution in [2.75, 3.05) is 6.61 Å². The second kappa shape index (κ2) is 7.14. The Morgan fingerprint density at radius 2 is 2.19 bits per heavy atom. The summed E-state index contributed by atoms with van der Waals surface area (Å²) in [5.41, 5.74) is -1.43. The van der Waals surface area contributed by atoms with Gasteiger partial charge in [0.25, 0.3) is 5.69 Å². The molecule has 0 saturated heterocycles. The number of nitro groups is 1. The molecule has 1 aromatic carbocycles. The van der Waals surface area contributed by atoms with E-state index in [4.69, 9.17) is 5.26 Å². The van der Waals surface area contributed by atoms with Crippen molar-refractivity contribution in [3.05, 3.63) is 33.4 Å². The third-order valence-corrected chi connectivity index (χ3v) is 2.37. The molecule has 0 aliphatic rings. The third-order valence-electron chi connectivity index (χ3n) is 2.37. The molecule has 0 spiro atoms. The Bertz CT molecular complexity index is 598. The number of nitriles is 1. The Labute approximate surface area is 117 Å². The molecule has 0 amide bonds. The number of halogens is 2. The summed E-state index contributed by atoms with van der Waals surface area (Å²) in [6.45, 7) is -1.65. The number of rotatable bonds is 6. The van der Waals surface area contributed by atoms with Gasteiger partial charge < -0.3 is 9.47 Å². The molecule has 112 valence electrons. The summed E-state index contributed by atoms with van der Waals surface area (Å²) in [5.74, 6) is -1.41. The molecule has 0 aliphatic heterocycles. The van der Waals surface area contributed by atoms with E-state index >= 15 is 0 Å². The average Bonchev–Trinajstić information content (AvgIpc) is 2.39. The number of esters is 1. The summed E-state index contributed by atoms with van der Waals surface area (Å²) >= 11 is 0. The SMILES string of the molecule is CCOC(=O)Cc1ccc([N+](=O)[O-])c(C#N)c1OC(F)F. The maximum Gasteiger partial charge on any atom is 0.387 e. The van der Waals surface area contributed by atoms with Crippen LogP contribution in [0.3, 0.4) is 0 Å². The highest BCUT2D eigenvalue weighted by atomic mass is 19.3. The lowest BCUT2D eigenvalue weighted by Crippen LogP contribution is -2.12. The maximum absolute atomic E-state index is 12.4. The molecule has 1 aromatic rings. The summed E-state index contributed by atoms with van der Waals surface area (Å²) in [6, 6.07) is 3.47. The predicted molar refractivity (Wildman–Crippen MR) is 64.8 cm³/mol. The van der Waals surface area contributed by atoms with Gasteiger partial charge in [-0.2, -0.15) is 14.0 Å². The molecular formula is C12H10F2N2O5. The van der Waals surface area contributed by atoms with Crippen molar-refractivity contribution in [3.63, 3.8) is 0 Å². The predicted octanol–water partition coefficient (Wildman–Crippen LogP) is 2.17. The van der Waals surface area contributed by atoms with E-state index in [0.717, 1.165) is 12.1 Å². The van der Waals surface area contributed by atoms with Crippen molar-refractivity contribution < 1.29 is 28.0 Å². The van der Waals surface area contributed by atoms with Crippen LogP contribution < -0.4 is 4.74 Å². The molecule has 1 rings (SSSR count). The number of ether oxygens (including phenoxy) is 2. The van der Waals surface area contributed by atoms with E-state index < -0.39 is 40.9 Å². The molecule has 0 unspecified atom stereocenters. The standard InChI is InChI=1S/C12H10F2N2O5/c1-2-20-10(17)5-7-3-4-9(16(18)19)8(6-15)11(7)21-12(13)14/h3-4,12H,2,5H2,1H3. The van der Waals surface area contributed by atoms with Gasteiger partial charge in [0.05, 0.1) is 18.0 Å². The highest BCUT2D eigenvalue weighted by molar-refractivity contribution is 5.75. The van der Waals surface area contributed by atoms with Gasteiger partial charge in [0.2, 0.25) is 0 Å². The maximum atomic E-state index is 12.4. The number of alkyl halides is 2. The van der Waals surface area contributed by atoms with Gasteiger partial charge in [-0.3, -0.25) is 14.9 Å². The largest absolute Gasteiger partial charge is 0.466 e. The minimum Gasteiger partial charge on any atom is -0.466 e. The van der Waals surface area contributed by atoms with Gasteiger partial charge in [0.15, 0.2) is 11.3 Å². The number of hydrogen-bond donors (Lipinski definition) is 0. The Morgan fingerprint density at radius 1 is 1.52 bits per heavy atom. The van der Waals surface area contributed by atoms with Crippen LogP contribution >= 0.6 is 0 Å². The first kappa shape index (κ1) is 16.3. The van der Waals surface area contributed by atoms with E-state index in [1.165, 1.54) is 6.07 Å². The average molecular weight is 300 g/mol. The number of carbonyl (C=O) groups excluding carboxylic acids is 1. The molecular weight excluding hydrogens is 290 g/mol. The van der Waals surface area contributed by atoms with Gasteiger partial charge in [-0.25, -0.2) is 0 Å². The summed E-state index contributed by atoms with van der Waals surface area (Å²) < 4.78 is 33.7. The minimum absolute atomic E-state index is 0.0853. The zero-order valence-corrected chi connectivity index (χ0v) is 10.8. The zero-order valence-electron chi connectivity index (χ0n) is 10.8. The molecule has 0 atom stereocenters. The summed E-state index contributed by atoms with van der Waals surface area (Å²) in [7, 11) is 0. The Hall–Kier alpha value is -2.76. The van der Waals surface area contributed by atoms with Gasteiger partial charge >= 0.3 is 12.6 Å². The van der Waals surface area contributed by atoms with Crippen LogP contribution in [0.25, 0.3) is 0 Å². The smallest absolute Gasteiger partial charge is 0.387 e. The van der Waals surface area contributed by atoms with Crippen molar-refractivity contribution in [3.8, 4) is 11.8 Å². The second-order valence-corrected chi connectivity index (χ2v) is 3.68. The fourth-order valence-corrected chi connectivity index (χ4v) is 1.61. The van der Waals surface area contributed by atoms with Gasteiger partial charge in [-0.1, -0.05) is 0 Å². The van der Waals surface area contributed by atoms with Crippen LogP contribution in [0.15, 0.2) is 12.1 Å². The van der Waals surface area contributed by atoms with E-state index in [1.54, 1.807) is 6.92 Å².